The molecule has 0 saturated carbocycles. The Bertz CT molecular complexity index is 1420. The Balaban J connectivity index is 1.23. The van der Waals surface area contributed by atoms with Gasteiger partial charge < -0.3 is 24.3 Å². The van der Waals surface area contributed by atoms with Crippen molar-refractivity contribution in [1.29, 1.82) is 0 Å². The Labute approximate surface area is 214 Å². The standard InChI is InChI=1S/C29H28N4O4/c34-28(32-9-13-36-14-10-32)22-5-1-20(2-6-22)24-17-25-26(19-31-27(25)30-18-24)21-3-7-23(8-4-21)29(35)33-11-15-37-16-12-33/h1-8,17-19H,9-16H2,(H,30,31). The summed E-state index contributed by atoms with van der Waals surface area (Å²) >= 11 is 0. The molecule has 0 spiro atoms. The zero-order valence-electron chi connectivity index (χ0n) is 20.5. The molecule has 0 radical (unpaired) electrons. The summed E-state index contributed by atoms with van der Waals surface area (Å²) in [5, 5.41) is 0.998. The Morgan fingerprint density at radius 3 is 1.76 bits per heavy atom. The maximum absolute atomic E-state index is 12.8. The van der Waals surface area contributed by atoms with Crippen LogP contribution in [0.1, 0.15) is 20.7 Å². The van der Waals surface area contributed by atoms with Crippen LogP contribution in [0.25, 0.3) is 33.3 Å². The summed E-state index contributed by atoms with van der Waals surface area (Å²) in [5.74, 6) is 0.0696. The molecule has 2 aromatic carbocycles. The van der Waals surface area contributed by atoms with Gasteiger partial charge in [0.1, 0.15) is 5.65 Å². The quantitative estimate of drug-likeness (QED) is 0.464. The van der Waals surface area contributed by atoms with E-state index in [0.717, 1.165) is 33.3 Å². The van der Waals surface area contributed by atoms with E-state index < -0.39 is 0 Å². The molecule has 4 heterocycles. The highest BCUT2D eigenvalue weighted by atomic mass is 16.5. The molecule has 4 aromatic rings. The summed E-state index contributed by atoms with van der Waals surface area (Å²) in [6.07, 6.45) is 3.79. The van der Waals surface area contributed by atoms with E-state index in [0.29, 0.717) is 63.7 Å². The summed E-state index contributed by atoms with van der Waals surface area (Å²) in [7, 11) is 0. The Hall–Kier alpha value is -4.01. The molecule has 188 valence electrons. The van der Waals surface area contributed by atoms with E-state index in [-0.39, 0.29) is 11.8 Å². The number of ether oxygens (including phenoxy) is 2. The Kier molecular flexibility index (Phi) is 6.42. The number of hydrogen-bond acceptors (Lipinski definition) is 5. The number of nitrogens with one attached hydrogen (secondary N) is 1. The molecule has 2 aliphatic rings. The smallest absolute Gasteiger partial charge is 0.254 e. The van der Waals surface area contributed by atoms with Crippen molar-refractivity contribution in [2.45, 2.75) is 0 Å². The largest absolute Gasteiger partial charge is 0.378 e. The fraction of sp³-hybridized carbons (Fsp3) is 0.276. The van der Waals surface area contributed by atoms with E-state index in [9.17, 15) is 9.59 Å². The second-order valence-electron chi connectivity index (χ2n) is 9.29. The van der Waals surface area contributed by atoms with Gasteiger partial charge in [0, 0.05) is 66.2 Å². The van der Waals surface area contributed by atoms with Gasteiger partial charge in [0.25, 0.3) is 11.8 Å². The van der Waals surface area contributed by atoms with Crippen molar-refractivity contribution < 1.29 is 19.1 Å². The molecular weight excluding hydrogens is 468 g/mol. The van der Waals surface area contributed by atoms with Gasteiger partial charge >= 0.3 is 0 Å². The molecule has 8 heteroatoms. The minimum atomic E-state index is 0.0342. The summed E-state index contributed by atoms with van der Waals surface area (Å²) in [5.41, 5.74) is 6.14. The molecule has 1 N–H and O–H groups in total. The molecule has 0 aliphatic carbocycles. The lowest BCUT2D eigenvalue weighted by Crippen LogP contribution is -2.40. The van der Waals surface area contributed by atoms with Crippen LogP contribution in [0.2, 0.25) is 0 Å². The highest BCUT2D eigenvalue weighted by Gasteiger charge is 2.20. The molecule has 2 fully saturated rings. The summed E-state index contributed by atoms with van der Waals surface area (Å²) in [4.78, 5) is 37.1. The third kappa shape index (κ3) is 4.73. The van der Waals surface area contributed by atoms with Crippen molar-refractivity contribution in [3.63, 3.8) is 0 Å². The van der Waals surface area contributed by atoms with Crippen molar-refractivity contribution in [3.8, 4) is 22.3 Å². The molecule has 2 amide bonds. The highest BCUT2D eigenvalue weighted by Crippen LogP contribution is 2.31. The van der Waals surface area contributed by atoms with Gasteiger partial charge in [0.2, 0.25) is 0 Å². The van der Waals surface area contributed by atoms with E-state index in [2.05, 4.69) is 16.0 Å². The monoisotopic (exact) mass is 496 g/mol. The first-order valence-corrected chi connectivity index (χ1v) is 12.6. The summed E-state index contributed by atoms with van der Waals surface area (Å²) in [6, 6.07) is 17.5. The van der Waals surface area contributed by atoms with Crippen LogP contribution in [0.3, 0.4) is 0 Å². The molecule has 37 heavy (non-hydrogen) atoms. The van der Waals surface area contributed by atoms with Crippen LogP contribution in [-0.2, 0) is 9.47 Å². The summed E-state index contributed by atoms with van der Waals surface area (Å²) < 4.78 is 10.7. The van der Waals surface area contributed by atoms with E-state index in [1.807, 2.05) is 70.7 Å². The first-order chi connectivity index (χ1) is 18.2. The van der Waals surface area contributed by atoms with Crippen molar-refractivity contribution in [2.24, 2.45) is 0 Å². The van der Waals surface area contributed by atoms with Gasteiger partial charge in [-0.1, -0.05) is 24.3 Å². The third-order valence-electron chi connectivity index (χ3n) is 7.04. The zero-order valence-corrected chi connectivity index (χ0v) is 20.5. The van der Waals surface area contributed by atoms with Gasteiger partial charge in [-0.3, -0.25) is 9.59 Å². The van der Waals surface area contributed by atoms with Crippen molar-refractivity contribution in [2.75, 3.05) is 52.6 Å². The number of morpholine rings is 2. The number of nitrogens with zero attached hydrogens (tertiary/aromatic N) is 3. The first-order valence-electron chi connectivity index (χ1n) is 12.6. The number of benzene rings is 2. The molecular formula is C29H28N4O4. The van der Waals surface area contributed by atoms with Crippen LogP contribution < -0.4 is 0 Å². The first kappa shape index (κ1) is 23.4. The van der Waals surface area contributed by atoms with E-state index >= 15 is 0 Å². The minimum Gasteiger partial charge on any atom is -0.378 e. The molecule has 6 rings (SSSR count). The van der Waals surface area contributed by atoms with Gasteiger partial charge in [0.15, 0.2) is 0 Å². The minimum absolute atomic E-state index is 0.0342. The molecule has 2 saturated heterocycles. The van der Waals surface area contributed by atoms with Gasteiger partial charge in [0.05, 0.1) is 26.4 Å². The number of pyridine rings is 1. The number of hydrogen-bond donors (Lipinski definition) is 1. The van der Waals surface area contributed by atoms with Crippen molar-refractivity contribution in [1.82, 2.24) is 19.8 Å². The van der Waals surface area contributed by atoms with E-state index in [1.165, 1.54) is 0 Å². The van der Waals surface area contributed by atoms with Gasteiger partial charge in [-0.05, 0) is 41.5 Å². The lowest BCUT2D eigenvalue weighted by molar-refractivity contribution is 0.0301. The lowest BCUT2D eigenvalue weighted by atomic mass is 10.0. The number of H-pyrrole nitrogens is 1. The average molecular weight is 497 g/mol. The number of fused-ring (bicyclic) bond motifs is 1. The maximum atomic E-state index is 12.8. The van der Waals surface area contributed by atoms with Gasteiger partial charge in [-0.15, -0.1) is 0 Å². The van der Waals surface area contributed by atoms with Crippen LogP contribution >= 0.6 is 0 Å². The fourth-order valence-corrected chi connectivity index (χ4v) is 4.90. The predicted octanol–water partition coefficient (Wildman–Crippen LogP) is 3.84. The normalized spacial score (nSPS) is 16.2. The summed E-state index contributed by atoms with van der Waals surface area (Å²) in [6.45, 7) is 4.84. The van der Waals surface area contributed by atoms with Crippen LogP contribution in [0.15, 0.2) is 67.0 Å². The zero-order chi connectivity index (χ0) is 25.2. The van der Waals surface area contributed by atoms with Crippen LogP contribution in [0.4, 0.5) is 0 Å². The van der Waals surface area contributed by atoms with Crippen LogP contribution in [0.5, 0.6) is 0 Å². The number of carbonyl (C=O) groups is 2. The number of rotatable bonds is 4. The number of carbonyl (C=O) groups excluding carboxylic acids is 2. The highest BCUT2D eigenvalue weighted by molar-refractivity contribution is 5.98. The second-order valence-corrected chi connectivity index (χ2v) is 9.29. The fourth-order valence-electron chi connectivity index (χ4n) is 4.90. The molecule has 8 nitrogen and oxygen atoms in total. The number of aromatic nitrogens is 2. The van der Waals surface area contributed by atoms with Gasteiger partial charge in [-0.2, -0.15) is 0 Å². The average Bonchev–Trinajstić information content (AvgIpc) is 3.41. The molecule has 2 aliphatic heterocycles. The van der Waals surface area contributed by atoms with Crippen molar-refractivity contribution >= 4 is 22.8 Å². The van der Waals surface area contributed by atoms with Crippen LogP contribution in [-0.4, -0.2) is 84.2 Å². The Morgan fingerprint density at radius 2 is 1.22 bits per heavy atom. The predicted molar refractivity (Wildman–Crippen MR) is 140 cm³/mol. The molecule has 2 aromatic heterocycles. The van der Waals surface area contributed by atoms with Crippen molar-refractivity contribution in [3.05, 3.63) is 78.1 Å². The van der Waals surface area contributed by atoms with E-state index in [1.54, 1.807) is 0 Å². The molecule has 0 atom stereocenters. The topological polar surface area (TPSA) is 87.8 Å². The molecule has 0 unspecified atom stereocenters. The van der Waals surface area contributed by atoms with E-state index in [4.69, 9.17) is 9.47 Å². The maximum Gasteiger partial charge on any atom is 0.254 e. The third-order valence-corrected chi connectivity index (χ3v) is 7.04. The Morgan fingerprint density at radius 1 is 0.703 bits per heavy atom. The molecule has 0 bridgehead atoms. The lowest BCUT2D eigenvalue weighted by Gasteiger charge is -2.26. The number of aromatic amines is 1. The number of amides is 2. The van der Waals surface area contributed by atoms with Crippen LogP contribution in [0, 0.1) is 0 Å². The SMILES string of the molecule is O=C(c1ccc(-c2cnc3[nH]cc(-c4ccc(C(=O)N5CCOCC5)cc4)c3c2)cc1)N1CCOCC1. The van der Waals surface area contributed by atoms with Gasteiger partial charge in [-0.25, -0.2) is 4.98 Å². The second kappa shape index (κ2) is 10.2.